The number of rotatable bonds is 8. The molecule has 27 heavy (non-hydrogen) atoms. The van der Waals surface area contributed by atoms with Crippen LogP contribution in [-0.2, 0) is 13.2 Å². The summed E-state index contributed by atoms with van der Waals surface area (Å²) >= 11 is 1.23. The lowest BCUT2D eigenvalue weighted by atomic mass is 10.2. The van der Waals surface area contributed by atoms with E-state index in [1.165, 1.54) is 23.9 Å². The Morgan fingerprint density at radius 2 is 2.00 bits per heavy atom. The number of aromatic nitrogens is 3. The summed E-state index contributed by atoms with van der Waals surface area (Å²) in [5.41, 5.74) is 0.109. The highest BCUT2D eigenvalue weighted by Crippen LogP contribution is 2.31. The van der Waals surface area contributed by atoms with Gasteiger partial charge in [0.2, 0.25) is 0 Å². The molecule has 138 valence electrons. The van der Waals surface area contributed by atoms with Crippen LogP contribution in [0.2, 0.25) is 0 Å². The van der Waals surface area contributed by atoms with E-state index in [1.807, 2.05) is 41.8 Å². The van der Waals surface area contributed by atoms with E-state index in [0.717, 1.165) is 5.75 Å². The molecule has 0 saturated carbocycles. The zero-order valence-corrected chi connectivity index (χ0v) is 15.3. The number of nitro benzene ring substituents is 1. The van der Waals surface area contributed by atoms with Crippen LogP contribution in [0.15, 0.2) is 58.6 Å². The summed E-state index contributed by atoms with van der Waals surface area (Å²) in [5.74, 6) is 1.38. The number of carbonyl (C=O) groups excluding carboxylic acids is 1. The molecule has 0 radical (unpaired) electrons. The highest BCUT2D eigenvalue weighted by atomic mass is 32.2. The number of benzene rings is 2. The van der Waals surface area contributed by atoms with Gasteiger partial charge in [0.15, 0.2) is 17.3 Å². The molecule has 0 bridgehead atoms. The van der Waals surface area contributed by atoms with E-state index in [9.17, 15) is 14.9 Å². The first-order chi connectivity index (χ1) is 13.1. The van der Waals surface area contributed by atoms with Crippen molar-refractivity contribution in [3.63, 3.8) is 0 Å². The zero-order chi connectivity index (χ0) is 19.2. The molecule has 0 N–H and O–H groups in total. The Balaban J connectivity index is 1.80. The molecule has 0 aliphatic heterocycles. The van der Waals surface area contributed by atoms with E-state index in [1.54, 1.807) is 6.07 Å². The summed E-state index contributed by atoms with van der Waals surface area (Å²) in [6, 6.07) is 13.5. The van der Waals surface area contributed by atoms with Gasteiger partial charge in [0.1, 0.15) is 12.4 Å². The maximum atomic E-state index is 11.3. The first kappa shape index (κ1) is 18.6. The molecule has 0 atom stereocenters. The smallest absolute Gasteiger partial charge is 0.270 e. The standard InChI is InChI=1S/C18H16N4O4S/c1-2-21-17(12-26-15-6-4-3-5-7-15)19-20-18(21)27-16-9-8-14(22(24)25)10-13(16)11-23/h3-11H,2,12H2,1H3. The topological polar surface area (TPSA) is 100 Å². The molecular weight excluding hydrogens is 368 g/mol. The molecule has 0 saturated heterocycles. The number of nitrogens with zero attached hydrogens (tertiary/aromatic N) is 4. The van der Waals surface area contributed by atoms with Gasteiger partial charge in [-0.25, -0.2) is 0 Å². The van der Waals surface area contributed by atoms with Gasteiger partial charge in [0.25, 0.3) is 5.69 Å². The monoisotopic (exact) mass is 384 g/mol. The third-order valence-corrected chi connectivity index (χ3v) is 4.83. The molecule has 0 amide bonds. The number of hydrogen-bond donors (Lipinski definition) is 0. The van der Waals surface area contributed by atoms with Crippen LogP contribution in [0, 0.1) is 10.1 Å². The molecule has 0 spiro atoms. The molecule has 0 unspecified atom stereocenters. The van der Waals surface area contributed by atoms with Crippen molar-refractivity contribution in [2.24, 2.45) is 0 Å². The maximum Gasteiger partial charge on any atom is 0.270 e. The van der Waals surface area contributed by atoms with Gasteiger partial charge in [-0.15, -0.1) is 10.2 Å². The minimum absolute atomic E-state index is 0.129. The molecule has 0 fully saturated rings. The van der Waals surface area contributed by atoms with Crippen molar-refractivity contribution in [1.82, 2.24) is 14.8 Å². The lowest BCUT2D eigenvalue weighted by Crippen LogP contribution is -2.07. The Bertz CT molecular complexity index is 959. The first-order valence-electron chi connectivity index (χ1n) is 8.13. The second kappa shape index (κ2) is 8.45. The van der Waals surface area contributed by atoms with Gasteiger partial charge < -0.3 is 9.30 Å². The minimum Gasteiger partial charge on any atom is -0.486 e. The highest BCUT2D eigenvalue weighted by Gasteiger charge is 2.16. The number of nitro groups is 1. The van der Waals surface area contributed by atoms with E-state index >= 15 is 0 Å². The second-order valence-electron chi connectivity index (χ2n) is 5.44. The van der Waals surface area contributed by atoms with Crippen molar-refractivity contribution >= 4 is 23.7 Å². The van der Waals surface area contributed by atoms with Gasteiger partial charge in [0, 0.05) is 29.1 Å². The van der Waals surface area contributed by atoms with Crippen LogP contribution in [0.3, 0.4) is 0 Å². The predicted molar refractivity (Wildman–Crippen MR) is 99.1 cm³/mol. The largest absolute Gasteiger partial charge is 0.486 e. The predicted octanol–water partition coefficient (Wildman–Crippen LogP) is 3.75. The lowest BCUT2D eigenvalue weighted by molar-refractivity contribution is -0.384. The van der Waals surface area contributed by atoms with E-state index in [4.69, 9.17) is 4.74 Å². The molecule has 1 heterocycles. The Labute approximate surface area is 159 Å². The number of carbonyl (C=O) groups is 1. The fourth-order valence-corrected chi connectivity index (χ4v) is 3.40. The van der Waals surface area contributed by atoms with Crippen molar-refractivity contribution < 1.29 is 14.5 Å². The third kappa shape index (κ3) is 4.32. The normalized spacial score (nSPS) is 10.6. The van der Waals surface area contributed by atoms with Gasteiger partial charge in [-0.05, 0) is 36.9 Å². The molecule has 9 heteroatoms. The molecule has 8 nitrogen and oxygen atoms in total. The fourth-order valence-electron chi connectivity index (χ4n) is 2.42. The van der Waals surface area contributed by atoms with Gasteiger partial charge in [-0.3, -0.25) is 14.9 Å². The van der Waals surface area contributed by atoms with Crippen molar-refractivity contribution in [2.75, 3.05) is 0 Å². The quantitative estimate of drug-likeness (QED) is 0.331. The zero-order valence-electron chi connectivity index (χ0n) is 14.4. The number of ether oxygens (including phenoxy) is 1. The summed E-state index contributed by atoms with van der Waals surface area (Å²) in [5, 5.41) is 19.8. The van der Waals surface area contributed by atoms with Gasteiger partial charge >= 0.3 is 0 Å². The van der Waals surface area contributed by atoms with Gasteiger partial charge in [-0.1, -0.05) is 18.2 Å². The second-order valence-corrected chi connectivity index (χ2v) is 6.45. The third-order valence-electron chi connectivity index (χ3n) is 3.75. The SMILES string of the molecule is CCn1c(COc2ccccc2)nnc1Sc1ccc([N+](=O)[O-])cc1C=O. The van der Waals surface area contributed by atoms with Crippen molar-refractivity contribution in [3.8, 4) is 5.75 Å². The summed E-state index contributed by atoms with van der Waals surface area (Å²) < 4.78 is 7.60. The average molecular weight is 384 g/mol. The van der Waals surface area contributed by atoms with Crippen LogP contribution >= 0.6 is 11.8 Å². The van der Waals surface area contributed by atoms with Crippen LogP contribution in [0.5, 0.6) is 5.75 Å². The molecular formula is C18H16N4O4S. The summed E-state index contributed by atoms with van der Waals surface area (Å²) in [4.78, 5) is 22.2. The average Bonchev–Trinajstić information content (AvgIpc) is 3.08. The Kier molecular flexibility index (Phi) is 5.82. The summed E-state index contributed by atoms with van der Waals surface area (Å²) in [7, 11) is 0. The molecule has 2 aromatic carbocycles. The van der Waals surface area contributed by atoms with E-state index in [-0.39, 0.29) is 17.9 Å². The van der Waals surface area contributed by atoms with Crippen LogP contribution < -0.4 is 4.74 Å². The fraction of sp³-hybridized carbons (Fsp3) is 0.167. The van der Waals surface area contributed by atoms with Crippen molar-refractivity contribution in [1.29, 1.82) is 0 Å². The van der Waals surface area contributed by atoms with Crippen LogP contribution in [0.4, 0.5) is 5.69 Å². The lowest BCUT2D eigenvalue weighted by Gasteiger charge is -2.09. The number of hydrogen-bond acceptors (Lipinski definition) is 7. The molecule has 0 aliphatic carbocycles. The minimum atomic E-state index is -0.533. The number of aldehydes is 1. The van der Waals surface area contributed by atoms with E-state index in [0.29, 0.717) is 28.7 Å². The van der Waals surface area contributed by atoms with Crippen LogP contribution in [0.25, 0.3) is 0 Å². The summed E-state index contributed by atoms with van der Waals surface area (Å²) in [6.45, 7) is 2.83. The number of para-hydroxylation sites is 1. The highest BCUT2D eigenvalue weighted by molar-refractivity contribution is 7.99. The molecule has 3 rings (SSSR count). The van der Waals surface area contributed by atoms with Crippen LogP contribution in [-0.4, -0.2) is 26.0 Å². The molecule has 1 aromatic heterocycles. The van der Waals surface area contributed by atoms with Gasteiger partial charge in [0.05, 0.1) is 4.92 Å². The van der Waals surface area contributed by atoms with Gasteiger partial charge in [-0.2, -0.15) is 0 Å². The molecule has 0 aliphatic rings. The van der Waals surface area contributed by atoms with E-state index in [2.05, 4.69) is 10.2 Å². The Morgan fingerprint density at radius 3 is 2.67 bits per heavy atom. The van der Waals surface area contributed by atoms with Crippen LogP contribution in [0.1, 0.15) is 23.1 Å². The Hall–Kier alpha value is -3.20. The molecule has 3 aromatic rings. The van der Waals surface area contributed by atoms with E-state index < -0.39 is 4.92 Å². The Morgan fingerprint density at radius 1 is 1.22 bits per heavy atom. The summed E-state index contributed by atoms with van der Waals surface area (Å²) in [6.07, 6.45) is 0.599. The first-order valence-corrected chi connectivity index (χ1v) is 8.95. The van der Waals surface area contributed by atoms with Crippen molar-refractivity contribution in [2.45, 2.75) is 30.1 Å². The number of non-ortho nitro benzene ring substituents is 1. The maximum absolute atomic E-state index is 11.3. The van der Waals surface area contributed by atoms with Crippen molar-refractivity contribution in [3.05, 3.63) is 70.0 Å².